The smallest absolute Gasteiger partial charge is 0.195 e. The molecule has 6 aliphatic carbocycles. The normalized spacial score (nSPS) is 43.7. The van der Waals surface area contributed by atoms with E-state index in [-0.39, 0.29) is 0 Å². The molecule has 158 valence electrons. The molecule has 3 spiro atoms. The first-order valence-electron chi connectivity index (χ1n) is 11.8. The molecule has 0 atom stereocenters. The van der Waals surface area contributed by atoms with Crippen LogP contribution in [0.3, 0.4) is 0 Å². The first kappa shape index (κ1) is 18.5. The Bertz CT molecular complexity index is 520. The molecule has 7 fully saturated rings. The lowest BCUT2D eigenvalue weighted by molar-refractivity contribution is -0.582. The van der Waals surface area contributed by atoms with Gasteiger partial charge in [0.1, 0.15) is 0 Å². The van der Waals surface area contributed by atoms with Crippen LogP contribution in [0, 0.1) is 23.7 Å². The van der Waals surface area contributed by atoms with E-state index in [2.05, 4.69) is 0 Å². The minimum Gasteiger partial charge on any atom is -0.195 e. The van der Waals surface area contributed by atoms with Crippen molar-refractivity contribution in [3.05, 3.63) is 0 Å². The van der Waals surface area contributed by atoms with E-state index < -0.39 is 17.4 Å². The van der Waals surface area contributed by atoms with Crippen LogP contribution in [-0.2, 0) is 29.3 Å². The van der Waals surface area contributed by atoms with Gasteiger partial charge in [-0.1, -0.05) is 12.8 Å². The highest BCUT2D eigenvalue weighted by molar-refractivity contribution is 5.03. The first-order chi connectivity index (χ1) is 13.7. The third-order valence-corrected chi connectivity index (χ3v) is 8.50. The Labute approximate surface area is 167 Å². The van der Waals surface area contributed by atoms with Crippen molar-refractivity contribution >= 4 is 0 Å². The summed E-state index contributed by atoms with van der Waals surface area (Å²) >= 11 is 0. The van der Waals surface area contributed by atoms with E-state index in [0.29, 0.717) is 11.8 Å². The zero-order valence-corrected chi connectivity index (χ0v) is 16.9. The summed E-state index contributed by atoms with van der Waals surface area (Å²) in [7, 11) is 0. The molecule has 0 N–H and O–H groups in total. The standard InChI is InChI=1S/C22H34O6/c1-3-7-20(8-4-1)23-24-21(9-5-2-6-10-21)26-28-22(27-25-20)18-12-16-11-17(14-18)15-19(22)13-16/h16-19H,1-15H2. The van der Waals surface area contributed by atoms with Gasteiger partial charge in [0, 0.05) is 37.5 Å². The van der Waals surface area contributed by atoms with Crippen molar-refractivity contribution < 1.29 is 29.3 Å². The van der Waals surface area contributed by atoms with E-state index >= 15 is 0 Å². The fourth-order valence-corrected chi connectivity index (χ4v) is 7.10. The minimum absolute atomic E-state index is 0.336. The fourth-order valence-electron chi connectivity index (χ4n) is 7.10. The molecule has 0 unspecified atom stereocenters. The third-order valence-electron chi connectivity index (χ3n) is 8.50. The summed E-state index contributed by atoms with van der Waals surface area (Å²) in [6.45, 7) is 0. The molecular formula is C22H34O6. The van der Waals surface area contributed by atoms with Gasteiger partial charge in [0.05, 0.1) is 0 Å². The van der Waals surface area contributed by atoms with E-state index in [1.165, 1.54) is 19.3 Å². The van der Waals surface area contributed by atoms with Gasteiger partial charge in [0.2, 0.25) is 17.4 Å². The Balaban J connectivity index is 1.33. The average Bonchev–Trinajstić information content (AvgIpc) is 2.78. The van der Waals surface area contributed by atoms with Crippen molar-refractivity contribution in [2.75, 3.05) is 0 Å². The van der Waals surface area contributed by atoms with Crippen molar-refractivity contribution in [3.63, 3.8) is 0 Å². The highest BCUT2D eigenvalue weighted by atomic mass is 17.4. The van der Waals surface area contributed by atoms with Crippen LogP contribution in [0.25, 0.3) is 0 Å². The van der Waals surface area contributed by atoms with Crippen LogP contribution in [-0.4, -0.2) is 17.4 Å². The number of hydrogen-bond donors (Lipinski definition) is 0. The van der Waals surface area contributed by atoms with Crippen molar-refractivity contribution in [1.29, 1.82) is 0 Å². The molecule has 1 heterocycles. The third kappa shape index (κ3) is 2.98. The molecule has 7 rings (SSSR count). The second kappa shape index (κ2) is 6.89. The second-order valence-electron chi connectivity index (χ2n) is 10.5. The predicted octanol–water partition coefficient (Wildman–Crippen LogP) is 5.32. The minimum atomic E-state index is -0.832. The maximum Gasteiger partial charge on any atom is 0.239 e. The van der Waals surface area contributed by atoms with Crippen molar-refractivity contribution in [3.8, 4) is 0 Å². The summed E-state index contributed by atoms with van der Waals surface area (Å²) in [5, 5.41) is 0. The van der Waals surface area contributed by atoms with Crippen LogP contribution in [0.1, 0.15) is 96.3 Å². The van der Waals surface area contributed by atoms with Gasteiger partial charge in [-0.25, -0.2) is 0 Å². The Morgan fingerprint density at radius 3 is 1.25 bits per heavy atom. The molecule has 0 aromatic heterocycles. The molecule has 7 aliphatic rings. The molecule has 1 saturated heterocycles. The lowest BCUT2D eigenvalue weighted by Gasteiger charge is -2.58. The van der Waals surface area contributed by atoms with Crippen LogP contribution in [0.2, 0.25) is 0 Å². The summed E-state index contributed by atoms with van der Waals surface area (Å²) in [4.78, 5) is 36.9. The van der Waals surface area contributed by atoms with Crippen LogP contribution < -0.4 is 0 Å². The molecule has 0 aromatic carbocycles. The highest BCUT2D eigenvalue weighted by Crippen LogP contribution is 2.61. The molecular weight excluding hydrogens is 360 g/mol. The van der Waals surface area contributed by atoms with Gasteiger partial charge >= 0.3 is 0 Å². The van der Waals surface area contributed by atoms with Crippen molar-refractivity contribution in [1.82, 2.24) is 0 Å². The van der Waals surface area contributed by atoms with Gasteiger partial charge in [0.15, 0.2) is 0 Å². The van der Waals surface area contributed by atoms with Gasteiger partial charge in [-0.3, -0.25) is 0 Å². The lowest BCUT2D eigenvalue weighted by atomic mass is 9.53. The fraction of sp³-hybridized carbons (Fsp3) is 1.00. The Hall–Kier alpha value is -0.240. The summed E-state index contributed by atoms with van der Waals surface area (Å²) < 4.78 is 0. The quantitative estimate of drug-likeness (QED) is 0.519. The van der Waals surface area contributed by atoms with Crippen LogP contribution in [0.5, 0.6) is 0 Å². The second-order valence-corrected chi connectivity index (χ2v) is 10.5. The number of hydrogen-bond acceptors (Lipinski definition) is 6. The van der Waals surface area contributed by atoms with Crippen molar-refractivity contribution in [2.24, 2.45) is 23.7 Å². The van der Waals surface area contributed by atoms with Gasteiger partial charge < -0.3 is 0 Å². The summed E-state index contributed by atoms with van der Waals surface area (Å²) in [5.74, 6) is -0.172. The maximum absolute atomic E-state index is 6.30. The van der Waals surface area contributed by atoms with E-state index in [9.17, 15) is 0 Å². The summed E-state index contributed by atoms with van der Waals surface area (Å²) in [5.41, 5.74) is 0. The largest absolute Gasteiger partial charge is 0.239 e. The zero-order chi connectivity index (χ0) is 18.7. The van der Waals surface area contributed by atoms with Gasteiger partial charge in [0.25, 0.3) is 0 Å². The van der Waals surface area contributed by atoms with Gasteiger partial charge in [-0.2, -0.15) is 29.3 Å². The number of rotatable bonds is 0. The molecule has 28 heavy (non-hydrogen) atoms. The van der Waals surface area contributed by atoms with Crippen LogP contribution in [0.4, 0.5) is 0 Å². The maximum atomic E-state index is 6.30. The zero-order valence-electron chi connectivity index (χ0n) is 16.9. The summed E-state index contributed by atoms with van der Waals surface area (Å²) in [6.07, 6.45) is 15.8. The lowest BCUT2D eigenvalue weighted by Crippen LogP contribution is -2.61. The van der Waals surface area contributed by atoms with Crippen LogP contribution in [0.15, 0.2) is 0 Å². The Morgan fingerprint density at radius 2 is 0.821 bits per heavy atom. The molecule has 0 aromatic rings. The average molecular weight is 395 g/mol. The van der Waals surface area contributed by atoms with E-state index in [0.717, 1.165) is 88.9 Å². The topological polar surface area (TPSA) is 55.4 Å². The first-order valence-corrected chi connectivity index (χ1v) is 11.8. The molecule has 6 nitrogen and oxygen atoms in total. The van der Waals surface area contributed by atoms with Crippen molar-refractivity contribution in [2.45, 2.75) is 114 Å². The van der Waals surface area contributed by atoms with Gasteiger partial charge in [-0.05, 0) is 69.6 Å². The molecule has 0 radical (unpaired) electrons. The van der Waals surface area contributed by atoms with E-state index in [1.54, 1.807) is 0 Å². The Morgan fingerprint density at radius 1 is 0.429 bits per heavy atom. The molecule has 4 bridgehead atoms. The van der Waals surface area contributed by atoms with Crippen LogP contribution >= 0.6 is 0 Å². The molecule has 0 amide bonds. The molecule has 6 heteroatoms. The molecule has 1 aliphatic heterocycles. The predicted molar refractivity (Wildman–Crippen MR) is 97.9 cm³/mol. The monoisotopic (exact) mass is 394 g/mol. The van der Waals surface area contributed by atoms with Gasteiger partial charge in [-0.15, -0.1) is 0 Å². The highest BCUT2D eigenvalue weighted by Gasteiger charge is 2.63. The summed E-state index contributed by atoms with van der Waals surface area (Å²) in [6, 6.07) is 0. The SMILES string of the molecule is C1CCC2(CC1)OOC1(CCCCC1)OOC1(OO2)C2CC3CC(C2)CC1C3. The van der Waals surface area contributed by atoms with E-state index in [1.807, 2.05) is 0 Å². The Kier molecular flexibility index (Phi) is 4.56. The molecule has 6 saturated carbocycles. The van der Waals surface area contributed by atoms with E-state index in [4.69, 9.17) is 29.3 Å².